The zero-order valence-corrected chi connectivity index (χ0v) is 21.7. The van der Waals surface area contributed by atoms with Crippen molar-refractivity contribution in [2.24, 2.45) is 0 Å². The van der Waals surface area contributed by atoms with Gasteiger partial charge in [0.05, 0.1) is 30.2 Å². The van der Waals surface area contributed by atoms with Crippen LogP contribution in [0, 0.1) is 0 Å². The van der Waals surface area contributed by atoms with Gasteiger partial charge >= 0.3 is 6.09 Å². The van der Waals surface area contributed by atoms with Gasteiger partial charge in [0.1, 0.15) is 5.60 Å². The number of alkyl carbamates (subject to hydrolysis) is 1. The van der Waals surface area contributed by atoms with E-state index in [4.69, 9.17) is 14.5 Å². The molecule has 37 heavy (non-hydrogen) atoms. The molecule has 1 fully saturated rings. The van der Waals surface area contributed by atoms with Crippen LogP contribution >= 0.6 is 0 Å². The largest absolute Gasteiger partial charge is 0.493 e. The predicted octanol–water partition coefficient (Wildman–Crippen LogP) is 6.48. The maximum atomic E-state index is 12.5. The number of hydrogen-bond acceptors (Lipinski definition) is 5. The molecule has 2 aromatic heterocycles. The molecule has 0 spiro atoms. The van der Waals surface area contributed by atoms with E-state index in [-0.39, 0.29) is 6.09 Å². The van der Waals surface area contributed by atoms with Crippen molar-refractivity contribution in [3.63, 3.8) is 0 Å². The number of aromatic nitrogens is 3. The number of benzene rings is 2. The first kappa shape index (κ1) is 24.6. The van der Waals surface area contributed by atoms with Gasteiger partial charge in [-0.2, -0.15) is 5.10 Å². The number of fused-ring (bicyclic) bond motifs is 1. The van der Waals surface area contributed by atoms with Crippen LogP contribution in [0.4, 0.5) is 4.79 Å². The van der Waals surface area contributed by atoms with Gasteiger partial charge in [-0.3, -0.25) is 0 Å². The standard InChI is InChI=1S/C30H32N4O3/c1-29(2,3)37-28(35)33-30(18-8-19-30)23-14-12-22(13-15-23)26-24(16-11-21-9-6-5-7-10-21)34-27(32-26)25(36-4)17-20-31-34/h5-7,9-17,20H,8,18-19H2,1-4H3,(H,33,35). The number of nitrogens with one attached hydrogen (secondary N) is 1. The Hall–Kier alpha value is -4.13. The maximum absolute atomic E-state index is 12.5. The summed E-state index contributed by atoms with van der Waals surface area (Å²) in [6.45, 7) is 5.62. The molecule has 7 nitrogen and oxygen atoms in total. The summed E-state index contributed by atoms with van der Waals surface area (Å²) in [5.41, 5.74) is 4.47. The van der Waals surface area contributed by atoms with Crippen molar-refractivity contribution in [2.75, 3.05) is 7.11 Å². The molecule has 1 aliphatic carbocycles. The monoisotopic (exact) mass is 496 g/mol. The minimum absolute atomic E-state index is 0.386. The number of carbonyl (C=O) groups excluding carboxylic acids is 1. The highest BCUT2D eigenvalue weighted by Crippen LogP contribution is 2.42. The van der Waals surface area contributed by atoms with Crippen molar-refractivity contribution in [1.82, 2.24) is 19.9 Å². The Morgan fingerprint density at radius 2 is 1.76 bits per heavy atom. The lowest BCUT2D eigenvalue weighted by Gasteiger charge is -2.43. The summed E-state index contributed by atoms with van der Waals surface area (Å²) in [6, 6.07) is 20.2. The summed E-state index contributed by atoms with van der Waals surface area (Å²) in [4.78, 5) is 17.5. The second kappa shape index (κ2) is 9.73. The Labute approximate surface area is 217 Å². The minimum Gasteiger partial charge on any atom is -0.493 e. The molecule has 0 aliphatic heterocycles. The molecule has 1 saturated carbocycles. The summed E-state index contributed by atoms with van der Waals surface area (Å²) in [7, 11) is 1.63. The van der Waals surface area contributed by atoms with E-state index in [0.29, 0.717) is 11.4 Å². The molecule has 1 N–H and O–H groups in total. The van der Waals surface area contributed by atoms with Crippen LogP contribution in [0.25, 0.3) is 29.1 Å². The molecular formula is C30H32N4O3. The van der Waals surface area contributed by atoms with Crippen molar-refractivity contribution < 1.29 is 14.3 Å². The summed E-state index contributed by atoms with van der Waals surface area (Å²) >= 11 is 0. The minimum atomic E-state index is -0.541. The number of ether oxygens (including phenoxy) is 2. The number of nitrogens with zero attached hydrogens (tertiary/aromatic N) is 3. The van der Waals surface area contributed by atoms with E-state index in [1.807, 2.05) is 51.1 Å². The Balaban J connectivity index is 1.51. The van der Waals surface area contributed by atoms with E-state index < -0.39 is 11.1 Å². The third-order valence-electron chi connectivity index (χ3n) is 6.63. The van der Waals surface area contributed by atoms with Gasteiger partial charge in [0.25, 0.3) is 0 Å². The molecule has 2 aromatic carbocycles. The van der Waals surface area contributed by atoms with E-state index in [1.54, 1.807) is 17.8 Å². The van der Waals surface area contributed by atoms with Gasteiger partial charge in [0.15, 0.2) is 11.4 Å². The van der Waals surface area contributed by atoms with Crippen LogP contribution in [0.1, 0.15) is 56.9 Å². The van der Waals surface area contributed by atoms with Crippen LogP contribution in [-0.4, -0.2) is 33.4 Å². The third-order valence-corrected chi connectivity index (χ3v) is 6.63. The Morgan fingerprint density at radius 3 is 2.38 bits per heavy atom. The highest BCUT2D eigenvalue weighted by atomic mass is 16.6. The molecule has 0 bridgehead atoms. The molecule has 190 valence electrons. The Morgan fingerprint density at radius 1 is 1.03 bits per heavy atom. The number of carbonyl (C=O) groups is 1. The Bertz CT molecular complexity index is 1430. The number of hydrogen-bond donors (Lipinski definition) is 1. The Kier molecular flexibility index (Phi) is 6.46. The predicted molar refractivity (Wildman–Crippen MR) is 145 cm³/mol. The summed E-state index contributed by atoms with van der Waals surface area (Å²) < 4.78 is 12.9. The van der Waals surface area contributed by atoms with E-state index >= 15 is 0 Å². The molecule has 7 heteroatoms. The first-order valence-electron chi connectivity index (χ1n) is 12.5. The molecule has 1 amide bonds. The number of imidazole rings is 1. The zero-order chi connectivity index (χ0) is 26.0. The average Bonchev–Trinajstić information content (AvgIpc) is 3.23. The topological polar surface area (TPSA) is 77.8 Å². The molecule has 1 aliphatic rings. The molecule has 2 heterocycles. The van der Waals surface area contributed by atoms with E-state index in [0.717, 1.165) is 47.3 Å². The normalized spacial score (nSPS) is 14.9. The van der Waals surface area contributed by atoms with Crippen LogP contribution in [0.15, 0.2) is 66.9 Å². The fraction of sp³-hybridized carbons (Fsp3) is 0.300. The zero-order valence-electron chi connectivity index (χ0n) is 21.7. The maximum Gasteiger partial charge on any atom is 0.408 e. The van der Waals surface area contributed by atoms with Gasteiger partial charge in [-0.15, -0.1) is 0 Å². The fourth-order valence-corrected chi connectivity index (χ4v) is 4.67. The highest BCUT2D eigenvalue weighted by Gasteiger charge is 2.41. The summed E-state index contributed by atoms with van der Waals surface area (Å²) in [5, 5.41) is 7.68. The van der Waals surface area contributed by atoms with Crippen molar-refractivity contribution in [2.45, 2.75) is 51.2 Å². The van der Waals surface area contributed by atoms with Crippen molar-refractivity contribution in [3.05, 3.63) is 83.7 Å². The second-order valence-electron chi connectivity index (χ2n) is 10.4. The van der Waals surface area contributed by atoms with E-state index in [2.05, 4.69) is 52.9 Å². The van der Waals surface area contributed by atoms with Crippen LogP contribution in [0.2, 0.25) is 0 Å². The molecule has 5 rings (SSSR count). The third kappa shape index (κ3) is 5.07. The average molecular weight is 497 g/mol. The van der Waals surface area contributed by atoms with E-state index in [9.17, 15) is 4.79 Å². The summed E-state index contributed by atoms with van der Waals surface area (Å²) in [5.74, 6) is 0.655. The lowest BCUT2D eigenvalue weighted by Crippen LogP contribution is -2.52. The van der Waals surface area contributed by atoms with Gasteiger partial charge in [-0.25, -0.2) is 14.3 Å². The fourth-order valence-electron chi connectivity index (χ4n) is 4.67. The van der Waals surface area contributed by atoms with Crippen molar-refractivity contribution in [3.8, 4) is 17.0 Å². The second-order valence-corrected chi connectivity index (χ2v) is 10.4. The van der Waals surface area contributed by atoms with Crippen LogP contribution in [-0.2, 0) is 10.3 Å². The smallest absolute Gasteiger partial charge is 0.408 e. The van der Waals surface area contributed by atoms with E-state index in [1.165, 1.54) is 0 Å². The van der Waals surface area contributed by atoms with Crippen LogP contribution < -0.4 is 10.1 Å². The van der Waals surface area contributed by atoms with Gasteiger partial charge in [0.2, 0.25) is 0 Å². The first-order valence-corrected chi connectivity index (χ1v) is 12.5. The molecule has 0 unspecified atom stereocenters. The summed E-state index contributed by atoms with van der Waals surface area (Å²) in [6.07, 6.45) is 8.23. The van der Waals surface area contributed by atoms with Crippen molar-refractivity contribution >= 4 is 23.9 Å². The molecular weight excluding hydrogens is 464 g/mol. The van der Waals surface area contributed by atoms with Crippen LogP contribution in [0.3, 0.4) is 0 Å². The highest BCUT2D eigenvalue weighted by molar-refractivity contribution is 5.81. The molecule has 4 aromatic rings. The molecule has 0 radical (unpaired) electrons. The first-order chi connectivity index (χ1) is 17.8. The van der Waals surface area contributed by atoms with Gasteiger partial charge < -0.3 is 14.8 Å². The molecule has 0 atom stereocenters. The van der Waals surface area contributed by atoms with Crippen LogP contribution in [0.5, 0.6) is 5.75 Å². The molecule has 0 saturated heterocycles. The number of amides is 1. The van der Waals surface area contributed by atoms with Gasteiger partial charge in [-0.1, -0.05) is 60.7 Å². The lowest BCUT2D eigenvalue weighted by atomic mass is 9.71. The number of methoxy groups -OCH3 is 1. The quantitative estimate of drug-likeness (QED) is 0.331. The van der Waals surface area contributed by atoms with Crippen molar-refractivity contribution in [1.29, 1.82) is 0 Å². The van der Waals surface area contributed by atoms with Gasteiger partial charge in [-0.05, 0) is 57.2 Å². The number of rotatable bonds is 6. The SMILES string of the molecule is COc1ccnn2c(C=Cc3ccccc3)c(-c3ccc(C4(NC(=O)OC(C)(C)C)CCC4)cc3)nc12. The lowest BCUT2D eigenvalue weighted by molar-refractivity contribution is 0.0377. The van der Waals surface area contributed by atoms with Gasteiger partial charge in [0, 0.05) is 11.6 Å².